The number of hydrogen-bond acceptors (Lipinski definition) is 3. The molecule has 3 heterocycles. The van der Waals surface area contributed by atoms with Crippen molar-refractivity contribution >= 4 is 11.8 Å². The van der Waals surface area contributed by atoms with E-state index in [0.29, 0.717) is 11.7 Å². The van der Waals surface area contributed by atoms with Crippen LogP contribution in [0.4, 0.5) is 10.6 Å². The maximum atomic E-state index is 12.3. The molecule has 3 rings (SSSR count). The molecule has 2 aliphatic heterocycles. The van der Waals surface area contributed by atoms with Gasteiger partial charge in [-0.15, -0.1) is 0 Å². The van der Waals surface area contributed by atoms with Gasteiger partial charge in [0, 0.05) is 38.4 Å². The number of hydrogen-bond donors (Lipinski definition) is 1. The predicted molar refractivity (Wildman–Crippen MR) is 86.9 cm³/mol. The van der Waals surface area contributed by atoms with Gasteiger partial charge in [0.2, 0.25) is 0 Å². The van der Waals surface area contributed by atoms with Gasteiger partial charge in [0.05, 0.1) is 0 Å². The van der Waals surface area contributed by atoms with Gasteiger partial charge in [-0.2, -0.15) is 5.10 Å². The van der Waals surface area contributed by atoms with E-state index in [1.165, 1.54) is 32.4 Å². The summed E-state index contributed by atoms with van der Waals surface area (Å²) in [5.41, 5.74) is 1.04. The standard InChI is InChI=1S/C16H27N5O/c1-13-10-15(18-19(13)2)17-16(22)21-9-6-14(12-21)11-20-7-4-3-5-8-20/h10,14H,3-9,11-12H2,1-2H3,(H,17,18,22)/t14-/m0/s1. The molecule has 2 amide bonds. The van der Waals surface area contributed by atoms with E-state index >= 15 is 0 Å². The molecule has 0 aliphatic carbocycles. The average molecular weight is 305 g/mol. The SMILES string of the molecule is Cc1cc(NC(=O)N2CC[C@@H](CN3CCCCC3)C2)nn1C. The van der Waals surface area contributed by atoms with Crippen LogP contribution < -0.4 is 5.32 Å². The van der Waals surface area contributed by atoms with E-state index in [0.717, 1.165) is 31.7 Å². The first-order valence-corrected chi connectivity index (χ1v) is 8.41. The summed E-state index contributed by atoms with van der Waals surface area (Å²) in [6.07, 6.45) is 5.15. The largest absolute Gasteiger partial charge is 0.324 e. The van der Waals surface area contributed by atoms with Crippen molar-refractivity contribution in [2.24, 2.45) is 13.0 Å². The molecule has 6 nitrogen and oxygen atoms in total. The molecule has 6 heteroatoms. The topological polar surface area (TPSA) is 53.4 Å². The van der Waals surface area contributed by atoms with Crippen LogP contribution in [0.3, 0.4) is 0 Å². The number of carbonyl (C=O) groups excluding carboxylic acids is 1. The highest BCUT2D eigenvalue weighted by Gasteiger charge is 2.28. The number of aromatic nitrogens is 2. The van der Waals surface area contributed by atoms with Gasteiger partial charge in [0.25, 0.3) is 0 Å². The van der Waals surface area contributed by atoms with Crippen molar-refractivity contribution in [3.8, 4) is 0 Å². The van der Waals surface area contributed by atoms with Crippen LogP contribution in [-0.2, 0) is 7.05 Å². The second-order valence-corrected chi connectivity index (χ2v) is 6.69. The second kappa shape index (κ2) is 6.69. The Bertz CT molecular complexity index is 501. The van der Waals surface area contributed by atoms with E-state index in [-0.39, 0.29) is 6.03 Å². The van der Waals surface area contributed by atoms with Crippen LogP contribution in [0, 0.1) is 12.8 Å². The quantitative estimate of drug-likeness (QED) is 0.930. The molecule has 0 bridgehead atoms. The van der Waals surface area contributed by atoms with Gasteiger partial charge < -0.3 is 9.80 Å². The third kappa shape index (κ3) is 3.61. The van der Waals surface area contributed by atoms with Gasteiger partial charge in [-0.05, 0) is 45.2 Å². The summed E-state index contributed by atoms with van der Waals surface area (Å²) in [5, 5.41) is 7.20. The second-order valence-electron chi connectivity index (χ2n) is 6.69. The van der Waals surface area contributed by atoms with Gasteiger partial charge in [-0.1, -0.05) is 6.42 Å². The van der Waals surface area contributed by atoms with Crippen molar-refractivity contribution in [3.05, 3.63) is 11.8 Å². The van der Waals surface area contributed by atoms with Crippen molar-refractivity contribution in [2.75, 3.05) is 38.0 Å². The van der Waals surface area contributed by atoms with Crippen LogP contribution in [0.5, 0.6) is 0 Å². The van der Waals surface area contributed by atoms with Gasteiger partial charge in [0.15, 0.2) is 5.82 Å². The zero-order valence-corrected chi connectivity index (χ0v) is 13.7. The maximum absolute atomic E-state index is 12.3. The first kappa shape index (κ1) is 15.3. The van der Waals surface area contributed by atoms with Crippen molar-refractivity contribution < 1.29 is 4.79 Å². The Morgan fingerprint density at radius 3 is 2.77 bits per heavy atom. The number of likely N-dealkylation sites (tertiary alicyclic amines) is 2. The molecular weight excluding hydrogens is 278 g/mol. The molecule has 0 radical (unpaired) electrons. The van der Waals surface area contributed by atoms with E-state index in [1.807, 2.05) is 24.9 Å². The summed E-state index contributed by atoms with van der Waals surface area (Å²) in [5.74, 6) is 1.26. The van der Waals surface area contributed by atoms with Gasteiger partial charge >= 0.3 is 6.03 Å². The van der Waals surface area contributed by atoms with Crippen LogP contribution in [0.25, 0.3) is 0 Å². The zero-order valence-electron chi connectivity index (χ0n) is 13.7. The van der Waals surface area contributed by atoms with E-state index in [2.05, 4.69) is 15.3 Å². The summed E-state index contributed by atoms with van der Waals surface area (Å²) >= 11 is 0. The van der Waals surface area contributed by atoms with Crippen molar-refractivity contribution in [2.45, 2.75) is 32.6 Å². The summed E-state index contributed by atoms with van der Waals surface area (Å²) in [6, 6.07) is 1.89. The Kier molecular flexibility index (Phi) is 4.66. The first-order chi connectivity index (χ1) is 10.6. The summed E-state index contributed by atoms with van der Waals surface area (Å²) in [7, 11) is 1.88. The fourth-order valence-electron chi connectivity index (χ4n) is 3.48. The minimum Gasteiger partial charge on any atom is -0.324 e. The molecular formula is C16H27N5O. The highest BCUT2D eigenvalue weighted by molar-refractivity contribution is 5.88. The molecule has 2 aliphatic rings. The van der Waals surface area contributed by atoms with Crippen molar-refractivity contribution in [1.82, 2.24) is 19.6 Å². The Hall–Kier alpha value is -1.56. The molecule has 1 atom stereocenters. The molecule has 1 aromatic rings. The van der Waals surface area contributed by atoms with Crippen molar-refractivity contribution in [3.63, 3.8) is 0 Å². The molecule has 1 aromatic heterocycles. The van der Waals surface area contributed by atoms with E-state index < -0.39 is 0 Å². The summed E-state index contributed by atoms with van der Waals surface area (Å²) in [6.45, 7) is 7.32. The van der Waals surface area contributed by atoms with Gasteiger partial charge in [0.1, 0.15) is 0 Å². The number of urea groups is 1. The molecule has 0 saturated carbocycles. The Labute approximate surface area is 132 Å². The highest BCUT2D eigenvalue weighted by atomic mass is 16.2. The zero-order chi connectivity index (χ0) is 15.5. The third-order valence-electron chi connectivity index (χ3n) is 4.89. The number of anilines is 1. The molecule has 2 saturated heterocycles. The van der Waals surface area contributed by atoms with E-state index in [1.54, 1.807) is 4.68 Å². The van der Waals surface area contributed by atoms with Crippen molar-refractivity contribution in [1.29, 1.82) is 0 Å². The Morgan fingerprint density at radius 2 is 2.09 bits per heavy atom. The van der Waals surface area contributed by atoms with Crippen LogP contribution in [0.15, 0.2) is 6.07 Å². The highest BCUT2D eigenvalue weighted by Crippen LogP contribution is 2.20. The molecule has 122 valence electrons. The average Bonchev–Trinajstić information content (AvgIpc) is 3.08. The molecule has 2 fully saturated rings. The minimum atomic E-state index is -0.0146. The number of nitrogens with zero attached hydrogens (tertiary/aromatic N) is 4. The van der Waals surface area contributed by atoms with Crippen LogP contribution >= 0.6 is 0 Å². The van der Waals surface area contributed by atoms with Crippen LogP contribution in [-0.4, -0.2) is 58.3 Å². The fraction of sp³-hybridized carbons (Fsp3) is 0.750. The number of aryl methyl sites for hydroxylation is 2. The third-order valence-corrected chi connectivity index (χ3v) is 4.89. The lowest BCUT2D eigenvalue weighted by molar-refractivity contribution is 0.192. The summed E-state index contributed by atoms with van der Waals surface area (Å²) in [4.78, 5) is 16.8. The Balaban J connectivity index is 1.48. The lowest BCUT2D eigenvalue weighted by atomic mass is 10.1. The van der Waals surface area contributed by atoms with Crippen LogP contribution in [0.1, 0.15) is 31.4 Å². The molecule has 1 N–H and O–H groups in total. The fourth-order valence-corrected chi connectivity index (χ4v) is 3.48. The molecule has 0 unspecified atom stereocenters. The lowest BCUT2D eigenvalue weighted by Crippen LogP contribution is -2.37. The number of rotatable bonds is 3. The first-order valence-electron chi connectivity index (χ1n) is 8.41. The van der Waals surface area contributed by atoms with E-state index in [4.69, 9.17) is 0 Å². The summed E-state index contributed by atoms with van der Waals surface area (Å²) < 4.78 is 1.78. The number of carbonyl (C=O) groups is 1. The normalized spacial score (nSPS) is 23.0. The molecule has 22 heavy (non-hydrogen) atoms. The maximum Gasteiger partial charge on any atom is 0.323 e. The monoisotopic (exact) mass is 305 g/mol. The van der Waals surface area contributed by atoms with Gasteiger partial charge in [-0.3, -0.25) is 10.00 Å². The number of amides is 2. The predicted octanol–water partition coefficient (Wildman–Crippen LogP) is 2.07. The van der Waals surface area contributed by atoms with Crippen LogP contribution in [0.2, 0.25) is 0 Å². The molecule has 0 spiro atoms. The Morgan fingerprint density at radius 1 is 1.32 bits per heavy atom. The molecule has 0 aromatic carbocycles. The smallest absolute Gasteiger partial charge is 0.323 e. The van der Waals surface area contributed by atoms with E-state index in [9.17, 15) is 4.79 Å². The van der Waals surface area contributed by atoms with Gasteiger partial charge in [-0.25, -0.2) is 4.79 Å². The lowest BCUT2D eigenvalue weighted by Gasteiger charge is -2.28. The minimum absolute atomic E-state index is 0.0146. The number of nitrogens with one attached hydrogen (secondary N) is 1. The number of piperidine rings is 1.